The van der Waals surface area contributed by atoms with E-state index in [-0.39, 0.29) is 35.0 Å². The Morgan fingerprint density at radius 2 is 1.96 bits per heavy atom. The molecular formula is C19H23ClN2O5. The van der Waals surface area contributed by atoms with Crippen LogP contribution < -0.4 is 9.47 Å². The summed E-state index contributed by atoms with van der Waals surface area (Å²) in [6.45, 7) is 5.30. The zero-order valence-electron chi connectivity index (χ0n) is 16.0. The number of carbonyl (C=O) groups excluding carboxylic acids is 2. The number of benzene rings is 1. The predicted molar refractivity (Wildman–Crippen MR) is 102 cm³/mol. The van der Waals surface area contributed by atoms with Crippen molar-refractivity contribution in [3.63, 3.8) is 0 Å². The molecule has 146 valence electrons. The van der Waals surface area contributed by atoms with Gasteiger partial charge in [-0.2, -0.15) is 5.26 Å². The van der Waals surface area contributed by atoms with Crippen LogP contribution in [-0.4, -0.2) is 50.2 Å². The number of nitriles is 1. The lowest BCUT2D eigenvalue weighted by Crippen LogP contribution is -2.27. The van der Waals surface area contributed by atoms with Gasteiger partial charge in [-0.25, -0.2) is 4.79 Å². The van der Waals surface area contributed by atoms with Crippen molar-refractivity contribution in [3.05, 3.63) is 28.3 Å². The summed E-state index contributed by atoms with van der Waals surface area (Å²) >= 11 is 6.27. The molecule has 0 atom stereocenters. The van der Waals surface area contributed by atoms with Gasteiger partial charge in [0, 0.05) is 14.1 Å². The number of hydrogen-bond acceptors (Lipinski definition) is 6. The monoisotopic (exact) mass is 394 g/mol. The molecule has 1 rings (SSSR count). The third-order valence-electron chi connectivity index (χ3n) is 3.16. The third kappa shape index (κ3) is 6.83. The molecule has 1 aromatic carbocycles. The maximum Gasteiger partial charge on any atom is 0.349 e. The van der Waals surface area contributed by atoms with Gasteiger partial charge in [0.1, 0.15) is 11.6 Å². The summed E-state index contributed by atoms with van der Waals surface area (Å²) in [6, 6.07) is 4.90. The maximum atomic E-state index is 11.9. The van der Waals surface area contributed by atoms with Gasteiger partial charge < -0.3 is 19.1 Å². The number of likely N-dealkylation sites (N-methyl/N-ethyl adjacent to an activating group) is 1. The van der Waals surface area contributed by atoms with E-state index in [9.17, 15) is 14.9 Å². The van der Waals surface area contributed by atoms with Crippen LogP contribution in [0, 0.1) is 11.3 Å². The molecule has 0 aliphatic heterocycles. The Labute approximate surface area is 164 Å². The number of nitrogens with zero attached hydrogens (tertiary/aromatic N) is 2. The van der Waals surface area contributed by atoms with Gasteiger partial charge in [0.25, 0.3) is 5.91 Å². The van der Waals surface area contributed by atoms with E-state index in [0.717, 1.165) is 0 Å². The van der Waals surface area contributed by atoms with Crippen molar-refractivity contribution in [2.45, 2.75) is 26.9 Å². The molecule has 0 saturated heterocycles. The fourth-order valence-corrected chi connectivity index (χ4v) is 2.19. The van der Waals surface area contributed by atoms with Crippen molar-refractivity contribution < 1.29 is 23.8 Å². The van der Waals surface area contributed by atoms with Gasteiger partial charge in [-0.15, -0.1) is 0 Å². The molecule has 8 heteroatoms. The predicted octanol–water partition coefficient (Wildman–Crippen LogP) is 3.06. The summed E-state index contributed by atoms with van der Waals surface area (Å²) in [5.41, 5.74) is 0.297. The van der Waals surface area contributed by atoms with Crippen LogP contribution in [0.3, 0.4) is 0 Å². The van der Waals surface area contributed by atoms with E-state index in [1.54, 1.807) is 40.9 Å². The van der Waals surface area contributed by atoms with Crippen molar-refractivity contribution in [3.8, 4) is 17.6 Å². The van der Waals surface area contributed by atoms with Crippen LogP contribution in [0.2, 0.25) is 5.02 Å². The number of ether oxygens (including phenoxy) is 3. The molecule has 0 bridgehead atoms. The van der Waals surface area contributed by atoms with E-state index in [4.69, 9.17) is 25.8 Å². The minimum absolute atomic E-state index is 0.168. The largest absolute Gasteiger partial charge is 0.490 e. The normalized spacial score (nSPS) is 11.0. The Morgan fingerprint density at radius 1 is 1.30 bits per heavy atom. The molecule has 1 amide bonds. The molecule has 0 N–H and O–H groups in total. The quantitative estimate of drug-likeness (QED) is 0.382. The first-order chi connectivity index (χ1) is 12.7. The summed E-state index contributed by atoms with van der Waals surface area (Å²) in [4.78, 5) is 25.1. The second-order valence-electron chi connectivity index (χ2n) is 5.96. The molecule has 0 aliphatic rings. The minimum atomic E-state index is -0.724. The zero-order valence-corrected chi connectivity index (χ0v) is 16.8. The van der Waals surface area contributed by atoms with Gasteiger partial charge in [-0.3, -0.25) is 4.79 Å². The van der Waals surface area contributed by atoms with E-state index in [1.165, 1.54) is 17.0 Å². The fraction of sp³-hybridized carbons (Fsp3) is 0.421. The first kappa shape index (κ1) is 22.3. The summed E-state index contributed by atoms with van der Waals surface area (Å²) in [5, 5.41) is 9.40. The molecule has 0 fully saturated rings. The Hall–Kier alpha value is -2.72. The first-order valence-corrected chi connectivity index (χ1v) is 8.69. The Balaban J connectivity index is 3.21. The second kappa shape index (κ2) is 10.4. The average molecular weight is 395 g/mol. The molecule has 27 heavy (non-hydrogen) atoms. The van der Waals surface area contributed by atoms with Crippen LogP contribution in [0.4, 0.5) is 0 Å². The lowest BCUT2D eigenvalue weighted by molar-refractivity contribution is -0.142. The number of rotatable bonds is 8. The number of esters is 1. The van der Waals surface area contributed by atoms with Gasteiger partial charge in [0.05, 0.1) is 17.7 Å². The van der Waals surface area contributed by atoms with Crippen LogP contribution in [0.1, 0.15) is 26.3 Å². The second-order valence-corrected chi connectivity index (χ2v) is 6.37. The molecule has 0 spiro atoms. The lowest BCUT2D eigenvalue weighted by Gasteiger charge is -2.16. The Kier molecular flexibility index (Phi) is 8.63. The molecule has 0 radical (unpaired) electrons. The molecule has 7 nitrogen and oxygen atoms in total. The number of carbonyl (C=O) groups is 2. The molecule has 0 heterocycles. The fourth-order valence-electron chi connectivity index (χ4n) is 1.92. The van der Waals surface area contributed by atoms with Gasteiger partial charge in [0.2, 0.25) is 0 Å². The summed E-state index contributed by atoms with van der Waals surface area (Å²) in [5.74, 6) is -0.439. The summed E-state index contributed by atoms with van der Waals surface area (Å²) in [7, 11) is 3.23. The van der Waals surface area contributed by atoms with E-state index < -0.39 is 5.97 Å². The van der Waals surface area contributed by atoms with Crippen LogP contribution in [-0.2, 0) is 14.3 Å². The van der Waals surface area contributed by atoms with Gasteiger partial charge >= 0.3 is 5.97 Å². The first-order valence-electron chi connectivity index (χ1n) is 8.31. The summed E-state index contributed by atoms with van der Waals surface area (Å²) in [6.07, 6.45) is 1.01. The molecule has 0 aromatic heterocycles. The minimum Gasteiger partial charge on any atom is -0.490 e. The molecule has 0 saturated carbocycles. The van der Waals surface area contributed by atoms with Crippen LogP contribution in [0.5, 0.6) is 11.5 Å². The maximum absolute atomic E-state index is 11.9. The highest BCUT2D eigenvalue weighted by atomic mass is 35.5. The molecular weight excluding hydrogens is 372 g/mol. The highest BCUT2D eigenvalue weighted by Crippen LogP contribution is 2.37. The third-order valence-corrected chi connectivity index (χ3v) is 3.45. The van der Waals surface area contributed by atoms with E-state index in [1.807, 2.05) is 6.07 Å². The van der Waals surface area contributed by atoms with Crippen LogP contribution in [0.25, 0.3) is 6.08 Å². The highest BCUT2D eigenvalue weighted by molar-refractivity contribution is 6.32. The van der Waals surface area contributed by atoms with Crippen molar-refractivity contribution in [1.82, 2.24) is 4.90 Å². The average Bonchev–Trinajstić information content (AvgIpc) is 2.58. The van der Waals surface area contributed by atoms with Crippen molar-refractivity contribution in [1.29, 1.82) is 5.26 Å². The topological polar surface area (TPSA) is 88.9 Å². The van der Waals surface area contributed by atoms with Crippen molar-refractivity contribution >= 4 is 29.6 Å². The number of hydrogen-bond donors (Lipinski definition) is 0. The smallest absolute Gasteiger partial charge is 0.349 e. The molecule has 0 aliphatic carbocycles. The Morgan fingerprint density at radius 3 is 2.48 bits per heavy atom. The highest BCUT2D eigenvalue weighted by Gasteiger charge is 2.17. The van der Waals surface area contributed by atoms with E-state index in [0.29, 0.717) is 17.9 Å². The zero-order chi connectivity index (χ0) is 20.6. The Bertz CT molecular complexity index is 766. The van der Waals surface area contributed by atoms with Crippen molar-refractivity contribution in [2.24, 2.45) is 0 Å². The number of amides is 1. The van der Waals surface area contributed by atoms with Gasteiger partial charge in [-0.05, 0) is 44.5 Å². The lowest BCUT2D eigenvalue weighted by atomic mass is 10.1. The van der Waals surface area contributed by atoms with E-state index >= 15 is 0 Å². The summed E-state index contributed by atoms with van der Waals surface area (Å²) < 4.78 is 16.1. The van der Waals surface area contributed by atoms with Gasteiger partial charge in [-0.1, -0.05) is 11.6 Å². The van der Waals surface area contributed by atoms with E-state index in [2.05, 4.69) is 0 Å². The van der Waals surface area contributed by atoms with Crippen LogP contribution in [0.15, 0.2) is 17.7 Å². The molecule has 0 unspecified atom stereocenters. The number of halogens is 1. The van der Waals surface area contributed by atoms with Crippen LogP contribution >= 0.6 is 11.6 Å². The van der Waals surface area contributed by atoms with Gasteiger partial charge in [0.15, 0.2) is 18.1 Å². The van der Waals surface area contributed by atoms with Crippen molar-refractivity contribution in [2.75, 3.05) is 27.3 Å². The molecule has 1 aromatic rings. The standard InChI is InChI=1S/C19H23ClN2O5/c1-6-25-16-9-13(7-14(10-21)19(24)27-12(2)3)8-15(20)18(16)26-11-17(23)22(4)5/h7-9,12H,6,11H2,1-5H3. The SMILES string of the molecule is CCOc1cc(C=C(C#N)C(=O)OC(C)C)cc(Cl)c1OCC(=O)N(C)C.